The predicted octanol–water partition coefficient (Wildman–Crippen LogP) is 0.538. The van der Waals surface area contributed by atoms with Crippen LogP contribution in [0.2, 0.25) is 0 Å². The second-order valence-electron chi connectivity index (χ2n) is 8.83. The summed E-state index contributed by atoms with van der Waals surface area (Å²) in [7, 11) is -1.51. The van der Waals surface area contributed by atoms with Crippen molar-refractivity contribution < 1.29 is 27.9 Å². The van der Waals surface area contributed by atoms with E-state index < -0.39 is 21.4 Å². The second kappa shape index (κ2) is 8.13. The first-order valence-corrected chi connectivity index (χ1v) is 11.4. The van der Waals surface area contributed by atoms with E-state index in [0.717, 1.165) is 16.4 Å². The van der Waals surface area contributed by atoms with Gasteiger partial charge in [0.2, 0.25) is 0 Å². The molecule has 6 nitrogen and oxygen atoms in total. The standard InChI is InChI=1S/C24H21B3O6/c1-4-10-16(11-5-1)25-28-19-20-21(30-25)23-24(33-27(32-23)18-14-8-3-9-15-18)22(19)31-26(29-20)17-12-6-2-7-13-17/h1-15,19-24H. The van der Waals surface area contributed by atoms with E-state index in [1.54, 1.807) is 0 Å². The van der Waals surface area contributed by atoms with E-state index in [9.17, 15) is 0 Å². The summed E-state index contributed by atoms with van der Waals surface area (Å²) in [5.74, 6) is 0. The third-order valence-corrected chi connectivity index (χ3v) is 6.84. The molecule has 3 aromatic rings. The summed E-state index contributed by atoms with van der Waals surface area (Å²) >= 11 is 0. The monoisotopic (exact) mass is 438 g/mol. The molecule has 162 valence electrons. The zero-order valence-electron chi connectivity index (χ0n) is 17.8. The Bertz CT molecular complexity index is 1030. The van der Waals surface area contributed by atoms with Crippen LogP contribution in [0.15, 0.2) is 91.0 Å². The minimum Gasteiger partial charge on any atom is -0.399 e. The molecule has 0 aromatic heterocycles. The maximum Gasteiger partial charge on any atom is 0.494 e. The minimum absolute atomic E-state index is 0.326. The molecule has 3 saturated heterocycles. The molecule has 4 aliphatic rings. The number of hydrogen-bond acceptors (Lipinski definition) is 6. The second-order valence-corrected chi connectivity index (χ2v) is 8.83. The fourth-order valence-electron chi connectivity index (χ4n) is 5.31. The van der Waals surface area contributed by atoms with Crippen LogP contribution in [0.25, 0.3) is 0 Å². The number of fused-ring (bicyclic) bond motifs is 3. The van der Waals surface area contributed by atoms with Crippen molar-refractivity contribution in [3.05, 3.63) is 91.0 Å². The minimum atomic E-state index is -0.513. The van der Waals surface area contributed by atoms with Gasteiger partial charge in [-0.05, 0) is 16.4 Å². The Labute approximate surface area is 193 Å². The lowest BCUT2D eigenvalue weighted by Gasteiger charge is -2.56. The number of benzene rings is 3. The van der Waals surface area contributed by atoms with Gasteiger partial charge in [-0.15, -0.1) is 0 Å². The predicted molar refractivity (Wildman–Crippen MR) is 125 cm³/mol. The number of hydrogen-bond donors (Lipinski definition) is 0. The average molecular weight is 438 g/mol. The van der Waals surface area contributed by atoms with Gasteiger partial charge >= 0.3 is 21.4 Å². The average Bonchev–Trinajstić information content (AvgIpc) is 3.33. The van der Waals surface area contributed by atoms with Crippen molar-refractivity contribution in [2.45, 2.75) is 36.6 Å². The third kappa shape index (κ3) is 3.39. The van der Waals surface area contributed by atoms with Crippen LogP contribution < -0.4 is 16.4 Å². The Balaban J connectivity index is 1.24. The van der Waals surface area contributed by atoms with Gasteiger partial charge in [0.15, 0.2) is 0 Å². The molecule has 0 N–H and O–H groups in total. The molecule has 3 heterocycles. The molecule has 7 rings (SSSR count). The van der Waals surface area contributed by atoms with Crippen LogP contribution in [0.4, 0.5) is 0 Å². The number of rotatable bonds is 3. The highest BCUT2D eigenvalue weighted by molar-refractivity contribution is 6.63. The Morgan fingerprint density at radius 1 is 0.333 bits per heavy atom. The Morgan fingerprint density at radius 3 is 0.758 bits per heavy atom. The molecule has 3 aromatic carbocycles. The van der Waals surface area contributed by atoms with Crippen LogP contribution in [0, 0.1) is 0 Å². The smallest absolute Gasteiger partial charge is 0.399 e. The van der Waals surface area contributed by atoms with Crippen molar-refractivity contribution in [1.82, 2.24) is 0 Å². The molecule has 1 aliphatic carbocycles. The molecule has 4 bridgehead atoms. The van der Waals surface area contributed by atoms with Gasteiger partial charge in [0.25, 0.3) is 0 Å². The molecule has 4 fully saturated rings. The highest BCUT2D eigenvalue weighted by Crippen LogP contribution is 2.43. The highest BCUT2D eigenvalue weighted by atomic mass is 16.7. The SMILES string of the molecule is c1ccc(B2OC3C(O2)C2OB(c4ccccc4)OC4C2OB(c2ccccc2)OC34)cc1. The lowest BCUT2D eigenvalue weighted by molar-refractivity contribution is -0.227. The lowest BCUT2D eigenvalue weighted by Crippen LogP contribution is -2.76. The molecule has 0 atom stereocenters. The van der Waals surface area contributed by atoms with Gasteiger partial charge in [-0.1, -0.05) is 91.0 Å². The molecular weight excluding hydrogens is 417 g/mol. The van der Waals surface area contributed by atoms with Crippen LogP contribution in [0.3, 0.4) is 0 Å². The van der Waals surface area contributed by atoms with Gasteiger partial charge < -0.3 is 27.9 Å². The van der Waals surface area contributed by atoms with E-state index in [1.807, 2.05) is 91.0 Å². The van der Waals surface area contributed by atoms with Crippen LogP contribution in [0.5, 0.6) is 0 Å². The molecule has 9 heteroatoms. The fourth-order valence-corrected chi connectivity index (χ4v) is 5.31. The van der Waals surface area contributed by atoms with E-state index in [-0.39, 0.29) is 36.6 Å². The van der Waals surface area contributed by atoms with E-state index >= 15 is 0 Å². The largest absolute Gasteiger partial charge is 0.494 e. The maximum absolute atomic E-state index is 6.50. The lowest BCUT2D eigenvalue weighted by atomic mass is 9.68. The van der Waals surface area contributed by atoms with Gasteiger partial charge in [0.1, 0.15) is 0 Å². The van der Waals surface area contributed by atoms with Crippen LogP contribution in [0.1, 0.15) is 0 Å². The summed E-state index contributed by atoms with van der Waals surface area (Å²) in [6.07, 6.45) is -2.00. The normalized spacial score (nSPS) is 32.5. The van der Waals surface area contributed by atoms with E-state index in [4.69, 9.17) is 27.9 Å². The summed E-state index contributed by atoms with van der Waals surface area (Å²) in [4.78, 5) is 0. The van der Waals surface area contributed by atoms with Gasteiger partial charge in [0.05, 0.1) is 36.6 Å². The summed E-state index contributed by atoms with van der Waals surface area (Å²) in [5.41, 5.74) is 2.89. The van der Waals surface area contributed by atoms with Crippen molar-refractivity contribution in [2.24, 2.45) is 0 Å². The van der Waals surface area contributed by atoms with Crippen molar-refractivity contribution >= 4 is 37.7 Å². The molecule has 3 aliphatic heterocycles. The highest BCUT2D eigenvalue weighted by Gasteiger charge is 2.66. The van der Waals surface area contributed by atoms with E-state index in [2.05, 4.69) is 0 Å². The third-order valence-electron chi connectivity index (χ3n) is 6.84. The van der Waals surface area contributed by atoms with Crippen molar-refractivity contribution in [1.29, 1.82) is 0 Å². The molecule has 0 radical (unpaired) electrons. The Hall–Kier alpha value is -2.39. The summed E-state index contributed by atoms with van der Waals surface area (Å²) in [6.45, 7) is 0. The zero-order chi connectivity index (χ0) is 21.8. The fraction of sp³-hybridized carbons (Fsp3) is 0.250. The van der Waals surface area contributed by atoms with Gasteiger partial charge in [-0.25, -0.2) is 0 Å². The van der Waals surface area contributed by atoms with E-state index in [0.29, 0.717) is 0 Å². The quantitative estimate of drug-likeness (QED) is 0.557. The summed E-state index contributed by atoms with van der Waals surface area (Å²) < 4.78 is 38.8. The van der Waals surface area contributed by atoms with Crippen LogP contribution in [-0.4, -0.2) is 58.0 Å². The van der Waals surface area contributed by atoms with Gasteiger partial charge in [0, 0.05) is 0 Å². The van der Waals surface area contributed by atoms with Crippen molar-refractivity contribution in [2.75, 3.05) is 0 Å². The Kier molecular flexibility index (Phi) is 4.93. The van der Waals surface area contributed by atoms with Crippen LogP contribution >= 0.6 is 0 Å². The molecule has 0 unspecified atom stereocenters. The molecular formula is C24H21B3O6. The first kappa shape index (κ1) is 20.0. The molecule has 33 heavy (non-hydrogen) atoms. The van der Waals surface area contributed by atoms with Crippen molar-refractivity contribution in [3.63, 3.8) is 0 Å². The van der Waals surface area contributed by atoms with Crippen molar-refractivity contribution in [3.8, 4) is 0 Å². The molecule has 0 amide bonds. The summed E-state index contributed by atoms with van der Waals surface area (Å²) in [5, 5.41) is 0. The van der Waals surface area contributed by atoms with Gasteiger partial charge in [-0.3, -0.25) is 0 Å². The summed E-state index contributed by atoms with van der Waals surface area (Å²) in [6, 6.07) is 29.9. The maximum atomic E-state index is 6.50. The Morgan fingerprint density at radius 2 is 0.545 bits per heavy atom. The van der Waals surface area contributed by atoms with Gasteiger partial charge in [-0.2, -0.15) is 0 Å². The topological polar surface area (TPSA) is 55.4 Å². The van der Waals surface area contributed by atoms with E-state index in [1.165, 1.54) is 0 Å². The first-order valence-electron chi connectivity index (χ1n) is 11.4. The molecule has 1 saturated carbocycles. The van der Waals surface area contributed by atoms with Crippen LogP contribution in [-0.2, 0) is 27.9 Å². The zero-order valence-corrected chi connectivity index (χ0v) is 17.8. The molecule has 0 spiro atoms. The first-order chi connectivity index (χ1) is 16.3.